The molecule has 4 heterocycles. The number of alkyl carbamates (subject to hydrolysis) is 1. The molecule has 0 aromatic heterocycles. The molecule has 89 heavy (non-hydrogen) atoms. The van der Waals surface area contributed by atoms with Crippen LogP contribution in [0, 0.1) is 11.8 Å². The first-order valence-electron chi connectivity index (χ1n) is 29.5. The number of nitrogens with one attached hydrogen (secondary N) is 5. The summed E-state index contributed by atoms with van der Waals surface area (Å²) in [6.45, 7) is 10.3. The molecule has 6 rings (SSSR count). The number of imide groups is 1. The van der Waals surface area contributed by atoms with Gasteiger partial charge >= 0.3 is 18.1 Å². The van der Waals surface area contributed by atoms with Crippen LogP contribution in [0.2, 0.25) is 5.02 Å². The standard InChI is InChI=1S/C62H84ClN9O17/c1-35(2)61(34-73,68-49(74)20-13-12-14-26-72-50(75)23-24-51(72)76)33-66-42(18-16-25-65-58(64)81)55(78)67-41-22-21-40(30-44(41)84-9)56(79)70(7)38(5)57(80)88-48-31-52(77)71(8)43-28-39(29-45(85-10)53(43)63)27-36(3)17-15-19-47(86-11)62(83)32-46(87-59(82)69-62)37(4)54-60(48,6)89-54/h15,17,19,21-24,28-30,34-35,37-38,42,46-48,54,66,83H,12-14,16,18,20,25-27,31-33H2,1-11H3,(H,67,78)(H,68,74)(H,69,82)(H3,64,65,81)/b19-15+,36-17+/t37-,38+,42+,46+,47-,48+,54+,60+,61-,62+/m1/s1. The maximum Gasteiger partial charge on any atom is 0.409 e. The summed E-state index contributed by atoms with van der Waals surface area (Å²) in [6.07, 6.45) is 4.78. The first-order valence-corrected chi connectivity index (χ1v) is 29.9. The Balaban J connectivity index is 1.18. The third kappa shape index (κ3) is 17.3. The molecule has 4 aliphatic rings. The molecule has 9 amide bonds. The van der Waals surface area contributed by atoms with E-state index in [1.807, 2.05) is 13.0 Å². The number of benzene rings is 2. The number of nitrogens with zero attached hydrogens (tertiary/aromatic N) is 3. The van der Waals surface area contributed by atoms with Gasteiger partial charge in [-0.1, -0.05) is 62.6 Å². The number of likely N-dealkylation sites (N-methyl/N-ethyl adjacent to an activating group) is 1. The quantitative estimate of drug-likeness (QED) is 0.0238. The largest absolute Gasteiger partial charge is 0.495 e. The number of hydrogen-bond donors (Lipinski definition) is 7. The number of hydrogen-bond acceptors (Lipinski definition) is 18. The van der Waals surface area contributed by atoms with Crippen LogP contribution in [0.3, 0.4) is 0 Å². The number of allylic oxidation sites excluding steroid dienone is 3. The number of aldehydes is 1. The van der Waals surface area contributed by atoms with E-state index in [4.69, 9.17) is 45.8 Å². The SMILES string of the molecule is COc1cc(C(=O)N(C)[C@@H](C)C(=O)O[C@H]2CC(=O)N(C)c3cc(cc(OC)c3Cl)C/C(C)=C/C=C/[C@@H](OC)[C@@]3(O)C[C@H](OC(=O)N3)[C@@H](C)[C@@H]3O[C@@]23C)ccc1NC(=O)[C@H](CCCNC(N)=O)NC[C@](C=O)(NC(=O)CCCCCN1C(=O)C=CC1=O)C(C)C. The summed E-state index contributed by atoms with van der Waals surface area (Å²) in [7, 11) is 7.06. The highest BCUT2D eigenvalue weighted by atomic mass is 35.5. The number of carbonyl (C=O) groups is 10. The van der Waals surface area contributed by atoms with Gasteiger partial charge in [0.25, 0.3) is 17.7 Å². The van der Waals surface area contributed by atoms with Crippen LogP contribution < -0.4 is 46.7 Å². The lowest BCUT2D eigenvalue weighted by Crippen LogP contribution is -2.63. The van der Waals surface area contributed by atoms with E-state index in [0.29, 0.717) is 43.4 Å². The number of primary amides is 1. The molecule has 2 saturated heterocycles. The Bertz CT molecular complexity index is 3080. The van der Waals surface area contributed by atoms with E-state index >= 15 is 0 Å². The number of fused-ring (bicyclic) bond motifs is 5. The molecule has 0 saturated carbocycles. The van der Waals surface area contributed by atoms with E-state index in [9.17, 15) is 53.1 Å². The molecule has 26 nitrogen and oxygen atoms in total. The van der Waals surface area contributed by atoms with Gasteiger partial charge in [0.2, 0.25) is 17.7 Å². The lowest BCUT2D eigenvalue weighted by atomic mass is 9.83. The molecule has 27 heteroatoms. The second kappa shape index (κ2) is 30.5. The second-order valence-electron chi connectivity index (χ2n) is 23.4. The number of aliphatic hydroxyl groups is 1. The van der Waals surface area contributed by atoms with E-state index in [2.05, 4.69) is 26.6 Å². The zero-order valence-corrected chi connectivity index (χ0v) is 53.0. The average molecular weight is 1260 g/mol. The van der Waals surface area contributed by atoms with Crippen LogP contribution in [0.25, 0.3) is 0 Å². The van der Waals surface area contributed by atoms with Crippen molar-refractivity contribution in [2.24, 2.45) is 17.6 Å². The molecule has 2 fully saturated rings. The van der Waals surface area contributed by atoms with Gasteiger partial charge in [0.1, 0.15) is 58.3 Å². The molecule has 0 unspecified atom stereocenters. The Morgan fingerprint density at radius 2 is 1.70 bits per heavy atom. The van der Waals surface area contributed by atoms with E-state index in [0.717, 1.165) is 20.9 Å². The molecule has 8 N–H and O–H groups in total. The first-order chi connectivity index (χ1) is 42.0. The van der Waals surface area contributed by atoms with Crippen molar-refractivity contribution in [2.75, 3.05) is 65.3 Å². The Morgan fingerprint density at radius 1 is 1.00 bits per heavy atom. The Hall–Kier alpha value is -7.91. The topological polar surface area (TPSA) is 345 Å². The number of nitrogens with two attached hydrogens (primary N) is 1. The number of esters is 1. The summed E-state index contributed by atoms with van der Waals surface area (Å²) < 4.78 is 35.3. The number of halogens is 1. The fourth-order valence-corrected chi connectivity index (χ4v) is 11.3. The summed E-state index contributed by atoms with van der Waals surface area (Å²) >= 11 is 6.86. The van der Waals surface area contributed by atoms with Crippen molar-refractivity contribution in [1.29, 1.82) is 0 Å². The van der Waals surface area contributed by atoms with Gasteiger partial charge in [-0.05, 0) is 94.7 Å². The number of unbranched alkanes of at least 4 members (excludes halogenated alkanes) is 2. The highest BCUT2D eigenvalue weighted by molar-refractivity contribution is 6.35. The van der Waals surface area contributed by atoms with Crippen molar-refractivity contribution in [3.8, 4) is 11.5 Å². The number of ether oxygens (including phenoxy) is 6. The van der Waals surface area contributed by atoms with E-state index in [1.54, 1.807) is 52.0 Å². The maximum absolute atomic E-state index is 14.6. The van der Waals surface area contributed by atoms with Crippen molar-refractivity contribution in [3.63, 3.8) is 0 Å². The molecule has 2 aromatic rings. The van der Waals surface area contributed by atoms with Crippen molar-refractivity contribution >= 4 is 82.8 Å². The Morgan fingerprint density at radius 3 is 2.34 bits per heavy atom. The van der Waals surface area contributed by atoms with Crippen molar-refractivity contribution in [2.45, 2.75) is 153 Å². The monoisotopic (exact) mass is 1260 g/mol. The molecule has 10 atom stereocenters. The van der Waals surface area contributed by atoms with E-state index < -0.39 is 113 Å². The summed E-state index contributed by atoms with van der Waals surface area (Å²) in [4.78, 5) is 136. The zero-order valence-electron chi connectivity index (χ0n) is 52.2. The van der Waals surface area contributed by atoms with Crippen LogP contribution in [-0.2, 0) is 58.9 Å². The predicted molar refractivity (Wildman–Crippen MR) is 327 cm³/mol. The number of urea groups is 1. The smallest absolute Gasteiger partial charge is 0.409 e. The molecule has 0 radical (unpaired) electrons. The van der Waals surface area contributed by atoms with Gasteiger partial charge in [0.05, 0.1) is 44.2 Å². The predicted octanol–water partition coefficient (Wildman–Crippen LogP) is 4.38. The van der Waals surface area contributed by atoms with Crippen molar-refractivity contribution < 1.29 is 81.5 Å². The third-order valence-electron chi connectivity index (χ3n) is 16.9. The number of rotatable bonds is 25. The minimum absolute atomic E-state index is 0.0322. The maximum atomic E-state index is 14.6. The van der Waals surface area contributed by atoms with Gasteiger partial charge in [0.15, 0.2) is 5.72 Å². The number of epoxide rings is 1. The van der Waals surface area contributed by atoms with Crippen LogP contribution >= 0.6 is 11.6 Å². The van der Waals surface area contributed by atoms with Crippen molar-refractivity contribution in [1.82, 2.24) is 31.1 Å². The number of amides is 9. The minimum atomic E-state index is -1.92. The lowest BCUT2D eigenvalue weighted by molar-refractivity contribution is -0.158. The van der Waals surface area contributed by atoms with Gasteiger partial charge in [0, 0.05) is 77.3 Å². The van der Waals surface area contributed by atoms with E-state index in [1.165, 1.54) is 77.6 Å². The molecular weight excluding hydrogens is 1180 g/mol. The molecule has 0 spiro atoms. The van der Waals surface area contributed by atoms with Crippen LogP contribution in [-0.4, -0.2) is 183 Å². The fourth-order valence-electron chi connectivity index (χ4n) is 11.0. The van der Waals surface area contributed by atoms with Gasteiger partial charge in [-0.3, -0.25) is 39.0 Å². The lowest BCUT2D eigenvalue weighted by Gasteiger charge is -2.42. The highest BCUT2D eigenvalue weighted by Crippen LogP contribution is 2.49. The number of methoxy groups -OCH3 is 3. The Kier molecular flexibility index (Phi) is 24.1. The van der Waals surface area contributed by atoms with Crippen molar-refractivity contribution in [3.05, 3.63) is 82.4 Å². The van der Waals surface area contributed by atoms with Crippen LogP contribution in [0.5, 0.6) is 11.5 Å². The summed E-state index contributed by atoms with van der Waals surface area (Å²) in [6, 6.07) is 4.58. The highest BCUT2D eigenvalue weighted by Gasteiger charge is 2.64. The third-order valence-corrected chi connectivity index (χ3v) is 17.3. The second-order valence-corrected chi connectivity index (χ2v) is 23.8. The first kappa shape index (κ1) is 70.2. The number of anilines is 2. The molecule has 4 aliphatic heterocycles. The van der Waals surface area contributed by atoms with Gasteiger partial charge < -0.3 is 75.1 Å². The molecule has 2 aromatic carbocycles. The summed E-state index contributed by atoms with van der Waals surface area (Å²) in [5, 5.41) is 25.9. The fraction of sp³-hybridized carbons (Fsp3) is 0.548. The van der Waals surface area contributed by atoms with Gasteiger partial charge in [-0.15, -0.1) is 0 Å². The number of carbonyl (C=O) groups excluding carboxylic acids is 10. The van der Waals surface area contributed by atoms with Crippen LogP contribution in [0.4, 0.5) is 21.0 Å². The summed E-state index contributed by atoms with van der Waals surface area (Å²) in [5.74, 6) is -4.69. The average Bonchev–Trinajstić information content (AvgIpc) is 1.65. The van der Waals surface area contributed by atoms with Crippen LogP contribution in [0.1, 0.15) is 109 Å². The van der Waals surface area contributed by atoms with Gasteiger partial charge in [-0.25, -0.2) is 14.4 Å². The Labute approximate surface area is 522 Å². The minimum Gasteiger partial charge on any atom is -0.495 e. The molecule has 0 aliphatic carbocycles. The normalized spacial score (nSPS) is 25.0. The van der Waals surface area contributed by atoms with Gasteiger partial charge in [-0.2, -0.15) is 0 Å². The zero-order chi connectivity index (χ0) is 65.7. The molecule has 4 bridgehead atoms. The molecule has 486 valence electrons. The summed E-state index contributed by atoms with van der Waals surface area (Å²) in [5.41, 5.74) is 2.58. The van der Waals surface area contributed by atoms with Crippen LogP contribution in [0.15, 0.2) is 66.3 Å². The van der Waals surface area contributed by atoms with E-state index in [-0.39, 0.29) is 79.2 Å². The molecular formula is C62H84ClN9O17.